The van der Waals surface area contributed by atoms with E-state index in [2.05, 4.69) is 15.6 Å². The Hall–Kier alpha value is -2.44. The molecule has 1 aromatic carbocycles. The van der Waals surface area contributed by atoms with Crippen molar-refractivity contribution in [3.63, 3.8) is 0 Å². The molecule has 148 valence electrons. The van der Waals surface area contributed by atoms with Crippen molar-refractivity contribution in [3.8, 4) is 0 Å². The quantitative estimate of drug-likeness (QED) is 0.435. The number of amides is 1. The molecule has 0 spiro atoms. The van der Waals surface area contributed by atoms with Gasteiger partial charge in [-0.25, -0.2) is 8.42 Å². The highest BCUT2D eigenvalue weighted by molar-refractivity contribution is 7.90. The lowest BCUT2D eigenvalue weighted by molar-refractivity contribution is 0.102. The van der Waals surface area contributed by atoms with E-state index < -0.39 is 30.9 Å². The van der Waals surface area contributed by atoms with Crippen molar-refractivity contribution < 1.29 is 30.3 Å². The van der Waals surface area contributed by atoms with Crippen LogP contribution in [0, 0.1) is 0 Å². The summed E-state index contributed by atoms with van der Waals surface area (Å²) in [4.78, 5) is 14.0. The fourth-order valence-corrected chi connectivity index (χ4v) is 3.24. The van der Waals surface area contributed by atoms with Gasteiger partial charge in [-0.05, 0) is 24.3 Å². The fraction of sp³-hybridized carbons (Fsp3) is 0.267. The van der Waals surface area contributed by atoms with E-state index in [0.29, 0.717) is 18.8 Å². The first-order valence-corrected chi connectivity index (χ1v) is 10.8. The first-order chi connectivity index (χ1) is 12.5. The van der Waals surface area contributed by atoms with Crippen molar-refractivity contribution in [2.24, 2.45) is 0 Å². The van der Waals surface area contributed by atoms with Crippen LogP contribution in [0.25, 0.3) is 0 Å². The van der Waals surface area contributed by atoms with Gasteiger partial charge in [0.15, 0.2) is 9.84 Å². The minimum Gasteiger partial charge on any atom is -0.383 e. The van der Waals surface area contributed by atoms with Crippen LogP contribution >= 0.6 is 0 Å². The number of carbonyl (C=O) groups excluding carboxylic acids is 1. The third-order valence-electron chi connectivity index (χ3n) is 3.47. The van der Waals surface area contributed by atoms with Crippen LogP contribution in [0.1, 0.15) is 10.5 Å². The zero-order chi connectivity index (χ0) is 20.2. The van der Waals surface area contributed by atoms with E-state index in [1.54, 1.807) is 0 Å². The van der Waals surface area contributed by atoms with E-state index >= 15 is 0 Å². The van der Waals surface area contributed by atoms with Crippen LogP contribution < -0.4 is 10.6 Å². The van der Waals surface area contributed by atoms with Gasteiger partial charge in [0, 0.05) is 26.1 Å². The molecule has 27 heavy (non-hydrogen) atoms. The molecule has 1 aromatic heterocycles. The van der Waals surface area contributed by atoms with E-state index in [9.17, 15) is 25.5 Å². The smallest absolute Gasteiger partial charge is 0.333 e. The number of ether oxygens (including phenoxy) is 1. The molecule has 2 aromatic rings. The molecule has 12 heteroatoms. The van der Waals surface area contributed by atoms with Gasteiger partial charge in [-0.2, -0.15) is 8.42 Å². The molecule has 0 aliphatic carbocycles. The lowest BCUT2D eigenvalue weighted by atomic mass is 10.2. The third-order valence-corrected chi connectivity index (χ3v) is 5.38. The van der Waals surface area contributed by atoms with Crippen LogP contribution in [0.5, 0.6) is 0 Å². The normalized spacial score (nSPS) is 12.0. The van der Waals surface area contributed by atoms with Crippen molar-refractivity contribution in [2.75, 3.05) is 37.2 Å². The van der Waals surface area contributed by atoms with E-state index in [-0.39, 0.29) is 16.3 Å². The molecule has 0 aliphatic rings. The van der Waals surface area contributed by atoms with Crippen LogP contribution in [-0.2, 0) is 24.8 Å². The van der Waals surface area contributed by atoms with E-state index in [4.69, 9.17) is 4.74 Å². The van der Waals surface area contributed by atoms with Crippen molar-refractivity contribution in [1.82, 2.24) is 4.98 Å². The van der Waals surface area contributed by atoms with Crippen LogP contribution in [0.4, 0.5) is 15.3 Å². The highest BCUT2D eigenvalue weighted by Gasteiger charge is 2.19. The van der Waals surface area contributed by atoms with Crippen molar-refractivity contribution in [3.05, 3.63) is 36.2 Å². The topological polar surface area (TPSA) is 134 Å². The first kappa shape index (κ1) is 20.9. The van der Waals surface area contributed by atoms with Crippen LogP contribution in [0.2, 0.25) is 0 Å². The number of H-pyrrole nitrogens is 1. The zero-order valence-corrected chi connectivity index (χ0v) is 16.1. The molecule has 0 unspecified atom stereocenters. The molecule has 1 amide bonds. The number of aromatic nitrogens is 1. The summed E-state index contributed by atoms with van der Waals surface area (Å²) in [6.45, 7) is 0.764. The molecule has 0 atom stereocenters. The molecule has 0 radical (unpaired) electrons. The largest absolute Gasteiger partial charge is 0.383 e. The third kappa shape index (κ3) is 5.52. The Morgan fingerprint density at radius 2 is 1.85 bits per heavy atom. The average molecular weight is 419 g/mol. The predicted octanol–water partition coefficient (Wildman–Crippen LogP) is 1.39. The van der Waals surface area contributed by atoms with Crippen LogP contribution in [0.3, 0.4) is 0 Å². The van der Waals surface area contributed by atoms with Crippen LogP contribution in [0.15, 0.2) is 40.3 Å². The Balaban J connectivity index is 2.33. The number of carbonyl (C=O) groups is 1. The molecule has 0 saturated heterocycles. The Morgan fingerprint density at radius 3 is 2.41 bits per heavy atom. The Morgan fingerprint density at radius 1 is 1.15 bits per heavy atom. The second-order valence-electron chi connectivity index (χ2n) is 5.54. The Bertz CT molecular complexity index is 1050. The van der Waals surface area contributed by atoms with E-state index in [1.165, 1.54) is 25.3 Å². The second kappa shape index (κ2) is 8.06. The number of rotatable bonds is 8. The van der Waals surface area contributed by atoms with Gasteiger partial charge in [-0.1, -0.05) is 0 Å². The predicted molar refractivity (Wildman–Crippen MR) is 97.0 cm³/mol. The van der Waals surface area contributed by atoms with Gasteiger partial charge < -0.3 is 20.4 Å². The molecule has 0 saturated carbocycles. The number of hydrogen-bond donors (Lipinski definition) is 3. The number of sulfone groups is 1. The number of hydrogen-bond acceptors (Lipinski definition) is 7. The van der Waals surface area contributed by atoms with Crippen molar-refractivity contribution >= 4 is 37.3 Å². The summed E-state index contributed by atoms with van der Waals surface area (Å²) in [7, 11) is -6.96. The molecule has 9 nitrogen and oxygen atoms in total. The first-order valence-electron chi connectivity index (χ1n) is 7.53. The van der Waals surface area contributed by atoms with Gasteiger partial charge in [-0.15, -0.1) is 3.89 Å². The maximum atomic E-state index is 13.0. The number of halogens is 1. The number of benzene rings is 1. The number of methoxy groups -OCH3 is 1. The molecular formula is C15H18FN3O6S2. The molecule has 0 fully saturated rings. The van der Waals surface area contributed by atoms with Gasteiger partial charge in [0.25, 0.3) is 5.91 Å². The molecule has 0 aliphatic heterocycles. The summed E-state index contributed by atoms with van der Waals surface area (Å²) in [6.07, 6.45) is 1.87. The van der Waals surface area contributed by atoms with Crippen LogP contribution in [-0.4, -0.2) is 54.2 Å². The number of nitrogens with one attached hydrogen (secondary N) is 3. The minimum absolute atomic E-state index is 0.0198. The molecule has 0 bridgehead atoms. The number of aromatic amines is 1. The zero-order valence-electron chi connectivity index (χ0n) is 14.4. The van der Waals surface area contributed by atoms with Gasteiger partial charge >= 0.3 is 10.2 Å². The fourth-order valence-electron chi connectivity index (χ4n) is 2.14. The highest BCUT2D eigenvalue weighted by Crippen LogP contribution is 2.26. The molecule has 1 heterocycles. The lowest BCUT2D eigenvalue weighted by Crippen LogP contribution is -2.16. The summed E-state index contributed by atoms with van der Waals surface area (Å²) >= 11 is 0. The average Bonchev–Trinajstić information content (AvgIpc) is 3.05. The van der Waals surface area contributed by atoms with E-state index in [1.807, 2.05) is 0 Å². The Kier molecular flexibility index (Phi) is 6.23. The summed E-state index contributed by atoms with van der Waals surface area (Å²) in [5.74, 6) is -0.773. The van der Waals surface area contributed by atoms with Gasteiger partial charge in [-0.3, -0.25) is 4.79 Å². The summed E-state index contributed by atoms with van der Waals surface area (Å²) in [5.41, 5.74) is 0.370. The lowest BCUT2D eigenvalue weighted by Gasteiger charge is -2.14. The Labute approximate surface area is 156 Å². The summed E-state index contributed by atoms with van der Waals surface area (Å²) in [6, 6.07) is 4.96. The maximum absolute atomic E-state index is 13.0. The second-order valence-corrected chi connectivity index (χ2v) is 8.90. The van der Waals surface area contributed by atoms with E-state index in [0.717, 1.165) is 18.5 Å². The summed E-state index contributed by atoms with van der Waals surface area (Å²) < 4.78 is 63.2. The van der Waals surface area contributed by atoms with Gasteiger partial charge in [0.05, 0.1) is 22.9 Å². The molecule has 3 N–H and O–H groups in total. The highest BCUT2D eigenvalue weighted by atomic mass is 32.3. The van der Waals surface area contributed by atoms with Crippen molar-refractivity contribution in [2.45, 2.75) is 9.79 Å². The maximum Gasteiger partial charge on any atom is 0.333 e. The summed E-state index contributed by atoms with van der Waals surface area (Å²) in [5, 5.41) is 5.45. The monoisotopic (exact) mass is 419 g/mol. The number of anilines is 2. The minimum atomic E-state index is -4.95. The molecular weight excluding hydrogens is 401 g/mol. The standard InChI is InChI=1S/C15H18FN3O6S2/c1-25-6-5-17-12-4-3-10(26(2,21)22)7-13(12)19-15(20)14-8-11(9-18-14)27(16,23)24/h3-4,7-9,17-18H,5-6H2,1-2H3,(H,19,20). The van der Waals surface area contributed by atoms with Gasteiger partial charge in [0.2, 0.25) is 0 Å². The van der Waals surface area contributed by atoms with Crippen molar-refractivity contribution in [1.29, 1.82) is 0 Å². The van der Waals surface area contributed by atoms with Gasteiger partial charge in [0.1, 0.15) is 10.6 Å². The molecule has 2 rings (SSSR count). The SMILES string of the molecule is COCCNc1ccc(S(C)(=O)=O)cc1NC(=O)c1cc(S(=O)(=O)F)c[nH]1.